The Morgan fingerprint density at radius 3 is 2.50 bits per heavy atom. The van der Waals surface area contributed by atoms with Crippen LogP contribution in [-0.2, 0) is 32.1 Å². The van der Waals surface area contributed by atoms with Crippen molar-refractivity contribution in [3.05, 3.63) is 70.2 Å². The summed E-state index contributed by atoms with van der Waals surface area (Å²) in [6.45, 7) is 2.28. The average Bonchev–Trinajstić information content (AvgIpc) is 3.29. The molecule has 0 bridgehead atoms. The van der Waals surface area contributed by atoms with Gasteiger partial charge in [0, 0.05) is 35.6 Å². The molecule has 2 aliphatic rings. The van der Waals surface area contributed by atoms with Crippen LogP contribution < -0.4 is 0 Å². The second kappa shape index (κ2) is 5.69. The Morgan fingerprint density at radius 2 is 1.77 bits per heavy atom. The number of pyridine rings is 1. The van der Waals surface area contributed by atoms with E-state index < -0.39 is 0 Å². The summed E-state index contributed by atoms with van der Waals surface area (Å²) in [5.74, 6) is 0. The quantitative estimate of drug-likeness (QED) is 0.364. The van der Waals surface area contributed by atoms with E-state index in [-0.39, 0.29) is 0 Å². The summed E-state index contributed by atoms with van der Waals surface area (Å²) in [6, 6.07) is 9.16. The first-order valence-electron chi connectivity index (χ1n) is 11.1. The van der Waals surface area contributed by atoms with Crippen molar-refractivity contribution in [1.29, 1.82) is 0 Å². The van der Waals surface area contributed by atoms with Crippen molar-refractivity contribution in [3.63, 3.8) is 0 Å². The summed E-state index contributed by atoms with van der Waals surface area (Å²) in [5.41, 5.74) is 14.6. The Labute approximate surface area is 175 Å². The van der Waals surface area contributed by atoms with Gasteiger partial charge >= 0.3 is 0 Å². The van der Waals surface area contributed by atoms with Gasteiger partial charge in [0.15, 0.2) is 0 Å². The maximum Gasteiger partial charge on any atom is 0.0725 e. The highest BCUT2D eigenvalue weighted by Crippen LogP contribution is 2.51. The fourth-order valence-electron chi connectivity index (χ4n) is 6.42. The van der Waals surface area contributed by atoms with Gasteiger partial charge in [-0.05, 0) is 77.1 Å². The molecule has 3 aromatic heterocycles. The van der Waals surface area contributed by atoms with Gasteiger partial charge < -0.3 is 4.40 Å². The zero-order valence-electron chi connectivity index (χ0n) is 17.4. The van der Waals surface area contributed by atoms with Gasteiger partial charge in [-0.3, -0.25) is 9.98 Å². The second-order valence-corrected chi connectivity index (χ2v) is 8.71. The van der Waals surface area contributed by atoms with Crippen LogP contribution >= 0.6 is 0 Å². The Balaban J connectivity index is 1.82. The van der Waals surface area contributed by atoms with Gasteiger partial charge in [-0.2, -0.15) is 0 Å². The van der Waals surface area contributed by atoms with E-state index in [1.807, 2.05) is 19.4 Å². The minimum absolute atomic E-state index is 1.01. The van der Waals surface area contributed by atoms with Crippen LogP contribution in [-0.4, -0.2) is 22.6 Å². The van der Waals surface area contributed by atoms with Crippen LogP contribution in [0, 0.1) is 0 Å². The van der Waals surface area contributed by atoms with E-state index in [0.717, 1.165) is 32.1 Å². The van der Waals surface area contributed by atoms with Crippen LogP contribution in [0.15, 0.2) is 41.7 Å². The van der Waals surface area contributed by atoms with Gasteiger partial charge in [0.05, 0.1) is 22.9 Å². The second-order valence-electron chi connectivity index (χ2n) is 8.71. The molecule has 0 fully saturated rings. The first-order valence-corrected chi connectivity index (χ1v) is 11.1. The van der Waals surface area contributed by atoms with Gasteiger partial charge in [0.1, 0.15) is 0 Å². The number of nitrogens with zero attached hydrogens (tertiary/aromatic N) is 3. The maximum absolute atomic E-state index is 4.50. The minimum atomic E-state index is 1.01. The third-order valence-corrected chi connectivity index (χ3v) is 7.45. The summed E-state index contributed by atoms with van der Waals surface area (Å²) in [6.07, 6.45) is 11.6. The van der Waals surface area contributed by atoms with Crippen molar-refractivity contribution in [3.8, 4) is 11.1 Å². The Bertz CT molecular complexity index is 1520. The number of aryl methyl sites for hydroxylation is 5. The molecule has 146 valence electrons. The highest BCUT2D eigenvalue weighted by atomic mass is 14.9. The largest absolute Gasteiger partial charge is 0.305 e. The zero-order valence-corrected chi connectivity index (χ0v) is 17.4. The molecule has 0 atom stereocenters. The van der Waals surface area contributed by atoms with Crippen LogP contribution in [0.25, 0.3) is 38.3 Å². The van der Waals surface area contributed by atoms with Gasteiger partial charge in [-0.25, -0.2) is 0 Å². The molecular weight excluding hydrogens is 366 g/mol. The normalized spacial score (nSPS) is 15.1. The number of rotatable bonds is 2. The summed E-state index contributed by atoms with van der Waals surface area (Å²) < 4.78 is 2.45. The maximum atomic E-state index is 4.50. The van der Waals surface area contributed by atoms with Crippen molar-refractivity contribution >= 4 is 33.4 Å². The number of fused-ring (bicyclic) bond motifs is 5. The molecule has 30 heavy (non-hydrogen) atoms. The smallest absolute Gasteiger partial charge is 0.0725 e. The lowest BCUT2D eigenvalue weighted by Crippen LogP contribution is -2.14. The van der Waals surface area contributed by atoms with Crippen molar-refractivity contribution < 1.29 is 0 Å². The average molecular weight is 390 g/mol. The van der Waals surface area contributed by atoms with Crippen LogP contribution in [0.4, 0.5) is 0 Å². The Kier molecular flexibility index (Phi) is 3.15. The van der Waals surface area contributed by atoms with Gasteiger partial charge in [0.25, 0.3) is 0 Å². The molecule has 0 spiro atoms. The molecule has 5 aromatic rings. The van der Waals surface area contributed by atoms with E-state index >= 15 is 0 Å². The van der Waals surface area contributed by atoms with Gasteiger partial charge in [-0.15, -0.1) is 0 Å². The summed E-state index contributed by atoms with van der Waals surface area (Å²) >= 11 is 0. The van der Waals surface area contributed by atoms with Crippen molar-refractivity contribution in [2.45, 2.75) is 39.0 Å². The molecule has 0 aliphatic heterocycles. The minimum Gasteiger partial charge on any atom is -0.305 e. The van der Waals surface area contributed by atoms with E-state index in [2.05, 4.69) is 51.8 Å². The van der Waals surface area contributed by atoms with Crippen LogP contribution in [0.2, 0.25) is 0 Å². The predicted molar refractivity (Wildman–Crippen MR) is 125 cm³/mol. The number of aromatic nitrogens is 2. The van der Waals surface area contributed by atoms with Gasteiger partial charge in [-0.1, -0.05) is 25.1 Å². The lowest BCUT2D eigenvalue weighted by Gasteiger charge is -2.30. The molecule has 0 radical (unpaired) electrons. The van der Waals surface area contributed by atoms with E-state index in [9.17, 15) is 0 Å². The molecule has 0 N–H and O–H groups in total. The Hall–Kier alpha value is -3.20. The topological polar surface area (TPSA) is 29.7 Å². The van der Waals surface area contributed by atoms with E-state index in [4.69, 9.17) is 0 Å². The number of hydrogen-bond acceptors (Lipinski definition) is 2. The van der Waals surface area contributed by atoms with Gasteiger partial charge in [0.2, 0.25) is 0 Å². The first kappa shape index (κ1) is 16.6. The predicted octanol–water partition coefficient (Wildman–Crippen LogP) is 5.55. The standard InChI is InChI=1S/C27H23N3/c1-3-17-21(13-28-2)30-22-14-29-12-11-18(22)26-20-10-8-16-6-4-5-15-7-9-19(24(20)23(15)16)25(17)27(26)30/h4-6,11-14H,3,7-10H2,1-2H3. The summed E-state index contributed by atoms with van der Waals surface area (Å²) in [7, 11) is 1.88. The van der Waals surface area contributed by atoms with Crippen molar-refractivity contribution in [2.75, 3.05) is 7.05 Å². The highest BCUT2D eigenvalue weighted by molar-refractivity contribution is 6.22. The van der Waals surface area contributed by atoms with E-state index in [0.29, 0.717) is 0 Å². The fraction of sp³-hybridized carbons (Fsp3) is 0.259. The highest BCUT2D eigenvalue weighted by Gasteiger charge is 2.33. The molecule has 3 nitrogen and oxygen atoms in total. The lowest BCUT2D eigenvalue weighted by molar-refractivity contribution is 0.888. The van der Waals surface area contributed by atoms with Crippen LogP contribution in [0.3, 0.4) is 0 Å². The fourth-order valence-corrected chi connectivity index (χ4v) is 6.42. The molecule has 3 heterocycles. The Morgan fingerprint density at radius 1 is 1.00 bits per heavy atom. The van der Waals surface area contributed by atoms with Crippen LogP contribution in [0.1, 0.15) is 40.4 Å². The summed E-state index contributed by atoms with van der Waals surface area (Å²) in [4.78, 5) is 8.95. The van der Waals surface area contributed by atoms with Crippen molar-refractivity contribution in [1.82, 2.24) is 9.38 Å². The molecule has 0 saturated heterocycles. The number of hydrogen-bond donors (Lipinski definition) is 0. The molecule has 0 amide bonds. The SMILES string of the molecule is CCc1c(C=NC)n2c3cnccc3c3c4c5c(c1c32)CCc1cccc(c1-5)CC4. The first-order chi connectivity index (χ1) is 14.8. The molecule has 2 aromatic carbocycles. The zero-order chi connectivity index (χ0) is 20.0. The van der Waals surface area contributed by atoms with E-state index in [1.165, 1.54) is 49.6 Å². The molecule has 3 heteroatoms. The summed E-state index contributed by atoms with van der Waals surface area (Å²) in [5, 5.41) is 4.27. The third kappa shape index (κ3) is 1.78. The molecule has 0 unspecified atom stereocenters. The lowest BCUT2D eigenvalue weighted by atomic mass is 9.73. The number of aliphatic imine (C=N–C) groups is 1. The third-order valence-electron chi connectivity index (χ3n) is 7.45. The monoisotopic (exact) mass is 389 g/mol. The molecule has 2 aliphatic carbocycles. The number of benzene rings is 2. The van der Waals surface area contributed by atoms with E-state index in [1.54, 1.807) is 22.3 Å². The van der Waals surface area contributed by atoms with Crippen molar-refractivity contribution in [2.24, 2.45) is 4.99 Å². The molecule has 0 saturated carbocycles. The van der Waals surface area contributed by atoms with Crippen LogP contribution in [0.5, 0.6) is 0 Å². The molecule has 7 rings (SSSR count). The molecular formula is C27H23N3.